The maximum atomic E-state index is 6.07. The van der Waals surface area contributed by atoms with E-state index in [9.17, 15) is 0 Å². The Kier molecular flexibility index (Phi) is 6.91. The number of nitrogen functional groups attached to an aromatic ring is 4. The van der Waals surface area contributed by atoms with Gasteiger partial charge in [-0.2, -0.15) is 9.97 Å². The molecule has 0 amide bonds. The van der Waals surface area contributed by atoms with Crippen LogP contribution in [0.4, 0.5) is 23.5 Å². The zero-order valence-electron chi connectivity index (χ0n) is 17.8. The van der Waals surface area contributed by atoms with Gasteiger partial charge in [-0.25, -0.2) is 9.97 Å². The smallest absolute Gasteiger partial charge is 0.222 e. The van der Waals surface area contributed by atoms with Gasteiger partial charge in [-0.1, -0.05) is 26.0 Å². The van der Waals surface area contributed by atoms with Crippen molar-refractivity contribution in [2.75, 3.05) is 36.1 Å². The fourth-order valence-electron chi connectivity index (χ4n) is 3.19. The standard InChI is InChI=1S/C21H28N8O2/c1-3-14-16(18(22)28-20(24)26-14)12-6-8-13(9-7-12)30-10-5-11-31-17-15(4-2)27-21(25)29-19(17)23/h6-9H,3-5,10-11H2,1-2H3,(H4,22,24,26,28)(H4,23,25,27,29). The van der Waals surface area contributed by atoms with Crippen LogP contribution in [0.25, 0.3) is 11.1 Å². The summed E-state index contributed by atoms with van der Waals surface area (Å²) in [6.07, 6.45) is 2.01. The number of hydrogen-bond donors (Lipinski definition) is 4. The average molecular weight is 425 g/mol. The van der Waals surface area contributed by atoms with Crippen LogP contribution in [0, 0.1) is 0 Å². The van der Waals surface area contributed by atoms with Crippen molar-refractivity contribution >= 4 is 23.5 Å². The van der Waals surface area contributed by atoms with E-state index >= 15 is 0 Å². The van der Waals surface area contributed by atoms with Crippen molar-refractivity contribution in [3.8, 4) is 22.6 Å². The fourth-order valence-corrected chi connectivity index (χ4v) is 3.19. The molecule has 0 aliphatic heterocycles. The second-order valence-electron chi connectivity index (χ2n) is 6.81. The number of aromatic nitrogens is 4. The minimum atomic E-state index is 0.145. The van der Waals surface area contributed by atoms with Gasteiger partial charge in [0.15, 0.2) is 11.6 Å². The van der Waals surface area contributed by atoms with Gasteiger partial charge in [0.05, 0.1) is 24.6 Å². The van der Waals surface area contributed by atoms with E-state index in [1.54, 1.807) is 0 Å². The molecule has 164 valence electrons. The maximum absolute atomic E-state index is 6.07. The van der Waals surface area contributed by atoms with Crippen LogP contribution in [-0.2, 0) is 12.8 Å². The highest BCUT2D eigenvalue weighted by Crippen LogP contribution is 2.30. The molecule has 0 unspecified atom stereocenters. The number of hydrogen-bond acceptors (Lipinski definition) is 10. The normalized spacial score (nSPS) is 10.8. The number of rotatable bonds is 9. The molecule has 2 heterocycles. The van der Waals surface area contributed by atoms with Crippen LogP contribution in [0.2, 0.25) is 0 Å². The first kappa shape index (κ1) is 21.9. The average Bonchev–Trinajstić information content (AvgIpc) is 2.74. The second kappa shape index (κ2) is 9.79. The van der Waals surface area contributed by atoms with Gasteiger partial charge < -0.3 is 32.4 Å². The Labute approximate surface area is 181 Å². The van der Waals surface area contributed by atoms with Gasteiger partial charge in [0.1, 0.15) is 11.6 Å². The van der Waals surface area contributed by atoms with E-state index in [1.165, 1.54) is 0 Å². The maximum Gasteiger partial charge on any atom is 0.222 e. The lowest BCUT2D eigenvalue weighted by Gasteiger charge is -2.13. The first-order valence-electron chi connectivity index (χ1n) is 10.1. The first-order chi connectivity index (χ1) is 14.9. The lowest BCUT2D eigenvalue weighted by atomic mass is 10.0. The van der Waals surface area contributed by atoms with Gasteiger partial charge in [-0.3, -0.25) is 0 Å². The van der Waals surface area contributed by atoms with E-state index < -0.39 is 0 Å². The summed E-state index contributed by atoms with van der Waals surface area (Å²) < 4.78 is 11.6. The van der Waals surface area contributed by atoms with E-state index in [4.69, 9.17) is 32.4 Å². The van der Waals surface area contributed by atoms with Crippen LogP contribution in [0.1, 0.15) is 31.7 Å². The van der Waals surface area contributed by atoms with E-state index in [0.717, 1.165) is 22.6 Å². The van der Waals surface area contributed by atoms with Crippen LogP contribution >= 0.6 is 0 Å². The topological polar surface area (TPSA) is 174 Å². The largest absolute Gasteiger partial charge is 0.493 e. The zero-order chi connectivity index (χ0) is 22.4. The van der Waals surface area contributed by atoms with Crippen LogP contribution in [0.3, 0.4) is 0 Å². The summed E-state index contributed by atoms with van der Waals surface area (Å²) in [5.41, 5.74) is 26.5. The number of ether oxygens (including phenoxy) is 2. The number of nitrogens with zero attached hydrogens (tertiary/aromatic N) is 4. The second-order valence-corrected chi connectivity index (χ2v) is 6.81. The van der Waals surface area contributed by atoms with Gasteiger partial charge in [0.25, 0.3) is 0 Å². The highest BCUT2D eigenvalue weighted by molar-refractivity contribution is 5.77. The third kappa shape index (κ3) is 5.21. The quantitative estimate of drug-likeness (QED) is 0.373. The Morgan fingerprint density at radius 2 is 1.29 bits per heavy atom. The van der Waals surface area contributed by atoms with Crippen LogP contribution in [-0.4, -0.2) is 33.1 Å². The summed E-state index contributed by atoms with van der Waals surface area (Å²) in [5.74, 6) is 2.16. The number of nitrogens with two attached hydrogens (primary N) is 4. The van der Waals surface area contributed by atoms with Crippen molar-refractivity contribution in [2.24, 2.45) is 0 Å². The molecule has 3 rings (SSSR count). The molecule has 0 aliphatic rings. The summed E-state index contributed by atoms with van der Waals surface area (Å²) in [6, 6.07) is 7.62. The van der Waals surface area contributed by atoms with Crippen LogP contribution in [0.5, 0.6) is 11.5 Å². The van der Waals surface area contributed by atoms with Crippen molar-refractivity contribution in [2.45, 2.75) is 33.1 Å². The van der Waals surface area contributed by atoms with Gasteiger partial charge in [-0.15, -0.1) is 0 Å². The Bertz CT molecular complexity index is 1040. The molecule has 31 heavy (non-hydrogen) atoms. The van der Waals surface area contributed by atoms with Crippen molar-refractivity contribution < 1.29 is 9.47 Å². The Morgan fingerprint density at radius 1 is 0.710 bits per heavy atom. The number of aryl methyl sites for hydroxylation is 2. The van der Waals surface area contributed by atoms with Crippen molar-refractivity contribution in [1.29, 1.82) is 0 Å². The molecule has 0 spiro atoms. The third-order valence-electron chi connectivity index (χ3n) is 4.63. The molecule has 0 atom stereocenters. The summed E-state index contributed by atoms with van der Waals surface area (Å²) >= 11 is 0. The van der Waals surface area contributed by atoms with Crippen LogP contribution < -0.4 is 32.4 Å². The minimum Gasteiger partial charge on any atom is -0.493 e. The lowest BCUT2D eigenvalue weighted by Crippen LogP contribution is -2.11. The van der Waals surface area contributed by atoms with E-state index in [2.05, 4.69) is 19.9 Å². The Hall–Kier alpha value is -3.82. The molecule has 0 bridgehead atoms. The molecule has 2 aromatic heterocycles. The van der Waals surface area contributed by atoms with Gasteiger partial charge in [0.2, 0.25) is 11.9 Å². The molecule has 1 aromatic carbocycles. The van der Waals surface area contributed by atoms with Crippen molar-refractivity contribution in [3.63, 3.8) is 0 Å². The van der Waals surface area contributed by atoms with Gasteiger partial charge in [-0.05, 0) is 30.5 Å². The molecule has 3 aromatic rings. The highest BCUT2D eigenvalue weighted by Gasteiger charge is 2.13. The summed E-state index contributed by atoms with van der Waals surface area (Å²) in [7, 11) is 0. The van der Waals surface area contributed by atoms with Crippen molar-refractivity contribution in [3.05, 3.63) is 35.7 Å². The van der Waals surface area contributed by atoms with E-state index in [0.29, 0.717) is 49.7 Å². The van der Waals surface area contributed by atoms with E-state index in [1.807, 2.05) is 38.1 Å². The van der Waals surface area contributed by atoms with Crippen molar-refractivity contribution in [1.82, 2.24) is 19.9 Å². The van der Waals surface area contributed by atoms with E-state index in [-0.39, 0.29) is 17.7 Å². The minimum absolute atomic E-state index is 0.145. The Morgan fingerprint density at radius 3 is 1.94 bits per heavy atom. The number of benzene rings is 1. The van der Waals surface area contributed by atoms with Gasteiger partial charge in [0, 0.05) is 12.0 Å². The molecule has 10 nitrogen and oxygen atoms in total. The molecule has 0 radical (unpaired) electrons. The molecule has 0 saturated heterocycles. The SMILES string of the molecule is CCc1nc(N)nc(N)c1OCCCOc1ccc(-c2c(N)nc(N)nc2CC)cc1. The molecule has 0 fully saturated rings. The Balaban J connectivity index is 1.56. The van der Waals surface area contributed by atoms with Crippen LogP contribution in [0.15, 0.2) is 24.3 Å². The molecule has 0 aliphatic carbocycles. The third-order valence-corrected chi connectivity index (χ3v) is 4.63. The van der Waals surface area contributed by atoms with Gasteiger partial charge >= 0.3 is 0 Å². The molecule has 8 N–H and O–H groups in total. The lowest BCUT2D eigenvalue weighted by molar-refractivity contribution is 0.246. The predicted molar refractivity (Wildman–Crippen MR) is 122 cm³/mol. The highest BCUT2D eigenvalue weighted by atomic mass is 16.5. The molecular weight excluding hydrogens is 396 g/mol. The summed E-state index contributed by atoms with van der Waals surface area (Å²) in [4.78, 5) is 16.5. The molecular formula is C21H28N8O2. The first-order valence-corrected chi connectivity index (χ1v) is 10.1. The predicted octanol–water partition coefficient (Wildman–Crippen LogP) is 2.24. The zero-order valence-corrected chi connectivity index (χ0v) is 17.8. The molecule has 0 saturated carbocycles. The fraction of sp³-hybridized carbons (Fsp3) is 0.333. The summed E-state index contributed by atoms with van der Waals surface area (Å²) in [5, 5.41) is 0. The number of anilines is 4. The monoisotopic (exact) mass is 424 g/mol. The molecule has 10 heteroatoms. The summed E-state index contributed by atoms with van der Waals surface area (Å²) in [6.45, 7) is 4.85.